The smallest absolute Gasteiger partial charge is 0.329 e. The minimum Gasteiger partial charge on any atom is -0.359 e. The van der Waals surface area contributed by atoms with Crippen molar-refractivity contribution in [2.75, 3.05) is 5.32 Å². The van der Waals surface area contributed by atoms with Crippen LogP contribution in [0.3, 0.4) is 0 Å². The second-order valence-electron chi connectivity index (χ2n) is 5.72. The van der Waals surface area contributed by atoms with E-state index in [2.05, 4.69) is 25.3 Å². The number of anilines is 1. The summed E-state index contributed by atoms with van der Waals surface area (Å²) in [7, 11) is 0. The maximum Gasteiger partial charge on any atom is 0.329 e. The number of aromatic nitrogens is 5. The molecule has 4 aromatic heterocycles. The van der Waals surface area contributed by atoms with Gasteiger partial charge in [-0.3, -0.25) is 19.5 Å². The van der Waals surface area contributed by atoms with Crippen molar-refractivity contribution in [1.29, 1.82) is 0 Å². The molecule has 0 amide bonds. The SMILES string of the molecule is CC.CC.O=[N+]([O-])c1cnc(-c2cnc3ccc(F)cn23)nc1NCc1ccc(F)cn1. The van der Waals surface area contributed by atoms with Gasteiger partial charge in [-0.05, 0) is 24.3 Å². The molecule has 0 aromatic carbocycles. The molecule has 0 unspecified atom stereocenters. The van der Waals surface area contributed by atoms with Crippen LogP contribution in [-0.4, -0.2) is 29.3 Å². The third-order valence-electron chi connectivity index (χ3n) is 3.89. The molecule has 0 spiro atoms. The summed E-state index contributed by atoms with van der Waals surface area (Å²) in [5.74, 6) is -0.890. The van der Waals surface area contributed by atoms with Gasteiger partial charge in [0.05, 0.1) is 29.6 Å². The predicted octanol–water partition coefficient (Wildman–Crippen LogP) is 5.04. The average Bonchev–Trinajstić information content (AvgIpc) is 3.24. The van der Waals surface area contributed by atoms with Crippen LogP contribution >= 0.6 is 0 Å². The molecule has 11 heteroatoms. The van der Waals surface area contributed by atoms with E-state index in [9.17, 15) is 18.9 Å². The van der Waals surface area contributed by atoms with Gasteiger partial charge in [-0.15, -0.1) is 0 Å². The molecule has 168 valence electrons. The molecule has 0 aliphatic carbocycles. The van der Waals surface area contributed by atoms with Crippen LogP contribution in [0.4, 0.5) is 20.3 Å². The number of rotatable bonds is 5. The molecule has 0 radical (unpaired) electrons. The lowest BCUT2D eigenvalue weighted by atomic mass is 10.3. The first-order valence-corrected chi connectivity index (χ1v) is 10.00. The molecular formula is C21H23F2N7O2. The summed E-state index contributed by atoms with van der Waals surface area (Å²) in [5, 5.41) is 14.1. The zero-order valence-electron chi connectivity index (χ0n) is 18.1. The van der Waals surface area contributed by atoms with Crippen molar-refractivity contribution in [3.63, 3.8) is 0 Å². The third-order valence-corrected chi connectivity index (χ3v) is 3.89. The Morgan fingerprint density at radius 3 is 2.34 bits per heavy atom. The van der Waals surface area contributed by atoms with Crippen molar-refractivity contribution in [2.24, 2.45) is 0 Å². The maximum absolute atomic E-state index is 13.6. The summed E-state index contributed by atoms with van der Waals surface area (Å²) >= 11 is 0. The van der Waals surface area contributed by atoms with Gasteiger partial charge in [0.25, 0.3) is 0 Å². The molecule has 1 N–H and O–H groups in total. The lowest BCUT2D eigenvalue weighted by Crippen LogP contribution is -2.08. The molecule has 4 aromatic rings. The van der Waals surface area contributed by atoms with Gasteiger partial charge in [0.2, 0.25) is 5.82 Å². The normalized spacial score (nSPS) is 9.94. The zero-order chi connectivity index (χ0) is 23.7. The van der Waals surface area contributed by atoms with Gasteiger partial charge >= 0.3 is 5.69 Å². The maximum atomic E-state index is 13.6. The lowest BCUT2D eigenvalue weighted by molar-refractivity contribution is -0.384. The van der Waals surface area contributed by atoms with Crippen molar-refractivity contribution in [3.05, 3.63) is 76.5 Å². The van der Waals surface area contributed by atoms with E-state index in [0.29, 0.717) is 17.0 Å². The zero-order valence-corrected chi connectivity index (χ0v) is 18.1. The fourth-order valence-corrected chi connectivity index (χ4v) is 2.57. The molecule has 0 saturated carbocycles. The van der Waals surface area contributed by atoms with Gasteiger partial charge in [-0.1, -0.05) is 27.7 Å². The largest absolute Gasteiger partial charge is 0.359 e. The first-order chi connectivity index (χ1) is 15.5. The van der Waals surface area contributed by atoms with E-state index in [-0.39, 0.29) is 23.9 Å². The molecule has 0 bridgehead atoms. The summed E-state index contributed by atoms with van der Waals surface area (Å²) in [6.45, 7) is 8.08. The highest BCUT2D eigenvalue weighted by Crippen LogP contribution is 2.25. The van der Waals surface area contributed by atoms with Crippen molar-refractivity contribution < 1.29 is 13.7 Å². The van der Waals surface area contributed by atoms with Crippen LogP contribution in [0.5, 0.6) is 0 Å². The van der Waals surface area contributed by atoms with Crippen LogP contribution in [0.15, 0.2) is 49.1 Å². The Morgan fingerprint density at radius 2 is 1.69 bits per heavy atom. The standard InChI is InChI=1S/C17H11F2N7O2.2C2H6/c18-10-1-3-12(20-5-10)6-22-17-14(26(27)28)8-23-16(24-17)13-7-21-15-4-2-11(19)9-25(13)15;2*1-2/h1-5,7-9H,6H2,(H,22,23,24);2*1-2H3. The summed E-state index contributed by atoms with van der Waals surface area (Å²) < 4.78 is 28.0. The minimum absolute atomic E-state index is 0.0486. The highest BCUT2D eigenvalue weighted by molar-refractivity contribution is 5.63. The number of halogens is 2. The van der Waals surface area contributed by atoms with Crippen LogP contribution < -0.4 is 5.32 Å². The monoisotopic (exact) mass is 443 g/mol. The molecule has 32 heavy (non-hydrogen) atoms. The van der Waals surface area contributed by atoms with Crippen molar-refractivity contribution in [3.8, 4) is 11.5 Å². The van der Waals surface area contributed by atoms with Gasteiger partial charge in [0, 0.05) is 6.20 Å². The molecular weight excluding hydrogens is 420 g/mol. The quantitative estimate of drug-likeness (QED) is 0.340. The third kappa shape index (κ3) is 5.56. The van der Waals surface area contributed by atoms with Gasteiger partial charge in [0.15, 0.2) is 5.82 Å². The Kier molecular flexibility index (Phi) is 8.63. The van der Waals surface area contributed by atoms with Gasteiger partial charge in [0.1, 0.15) is 29.2 Å². The first kappa shape index (κ1) is 24.3. The number of nitro groups is 1. The molecule has 4 heterocycles. The average molecular weight is 443 g/mol. The topological polar surface area (TPSA) is 111 Å². The molecule has 0 aliphatic heterocycles. The van der Waals surface area contributed by atoms with E-state index in [4.69, 9.17) is 0 Å². The molecule has 4 rings (SSSR count). The van der Waals surface area contributed by atoms with Gasteiger partial charge in [-0.25, -0.2) is 23.7 Å². The fraction of sp³-hybridized carbons (Fsp3) is 0.238. The number of nitrogens with one attached hydrogen (secondary N) is 1. The lowest BCUT2D eigenvalue weighted by Gasteiger charge is -2.07. The summed E-state index contributed by atoms with van der Waals surface area (Å²) in [6, 6.07) is 5.44. The molecule has 0 aliphatic rings. The number of fused-ring (bicyclic) bond motifs is 1. The molecule has 9 nitrogen and oxygen atoms in total. The van der Waals surface area contributed by atoms with E-state index in [0.717, 1.165) is 12.4 Å². The fourth-order valence-electron chi connectivity index (χ4n) is 2.57. The second kappa shape index (κ2) is 11.4. The van der Waals surface area contributed by atoms with E-state index in [1.54, 1.807) is 0 Å². The Balaban J connectivity index is 0.000000860. The van der Waals surface area contributed by atoms with Crippen LogP contribution in [0.25, 0.3) is 17.2 Å². The van der Waals surface area contributed by atoms with Gasteiger partial charge < -0.3 is 5.32 Å². The Morgan fingerprint density at radius 1 is 0.969 bits per heavy atom. The number of nitrogens with zero attached hydrogens (tertiary/aromatic N) is 6. The van der Waals surface area contributed by atoms with E-state index in [1.165, 1.54) is 41.1 Å². The highest BCUT2D eigenvalue weighted by Gasteiger charge is 2.19. The van der Waals surface area contributed by atoms with Crippen molar-refractivity contribution in [2.45, 2.75) is 34.2 Å². The first-order valence-electron chi connectivity index (χ1n) is 10.00. The van der Waals surface area contributed by atoms with Gasteiger partial charge in [-0.2, -0.15) is 0 Å². The molecule has 0 fully saturated rings. The summed E-state index contributed by atoms with van der Waals surface area (Å²) in [4.78, 5) is 26.9. The van der Waals surface area contributed by atoms with Crippen LogP contribution in [-0.2, 0) is 6.54 Å². The highest BCUT2D eigenvalue weighted by atomic mass is 19.1. The summed E-state index contributed by atoms with van der Waals surface area (Å²) in [6.07, 6.45) is 4.77. The van der Waals surface area contributed by atoms with Crippen LogP contribution in [0, 0.1) is 21.7 Å². The number of hydrogen-bond donors (Lipinski definition) is 1. The van der Waals surface area contributed by atoms with Crippen LogP contribution in [0.1, 0.15) is 33.4 Å². The number of hydrogen-bond acceptors (Lipinski definition) is 7. The Hall–Kier alpha value is -4.02. The number of pyridine rings is 2. The Bertz CT molecular complexity index is 1180. The Labute approximate surface area is 183 Å². The minimum atomic E-state index is -0.627. The van der Waals surface area contributed by atoms with Crippen LogP contribution in [0.2, 0.25) is 0 Å². The number of imidazole rings is 1. The molecule has 0 atom stereocenters. The summed E-state index contributed by atoms with van der Waals surface area (Å²) in [5.41, 5.74) is 0.967. The second-order valence-corrected chi connectivity index (χ2v) is 5.72. The van der Waals surface area contributed by atoms with Crippen molar-refractivity contribution in [1.82, 2.24) is 24.3 Å². The van der Waals surface area contributed by atoms with E-state index in [1.807, 2.05) is 27.7 Å². The van der Waals surface area contributed by atoms with Crippen molar-refractivity contribution >= 4 is 17.2 Å². The predicted molar refractivity (Wildman–Crippen MR) is 117 cm³/mol. The van der Waals surface area contributed by atoms with E-state index < -0.39 is 16.6 Å². The van der Waals surface area contributed by atoms with E-state index >= 15 is 0 Å². The molecule has 0 saturated heterocycles.